The van der Waals surface area contributed by atoms with Gasteiger partial charge in [-0.3, -0.25) is 9.59 Å². The molecule has 1 amide bonds. The lowest BCUT2D eigenvalue weighted by Crippen LogP contribution is -2.46. The summed E-state index contributed by atoms with van der Waals surface area (Å²) in [6.07, 6.45) is -1.83. The van der Waals surface area contributed by atoms with Gasteiger partial charge in [-0.15, -0.1) is 0 Å². The lowest BCUT2D eigenvalue weighted by Gasteiger charge is -2.24. The topological polar surface area (TPSA) is 79.2 Å². The van der Waals surface area contributed by atoms with Crippen LogP contribution in [-0.4, -0.2) is 21.9 Å². The molecule has 1 N–H and O–H groups in total. The van der Waals surface area contributed by atoms with Crippen LogP contribution < -0.4 is 5.32 Å². The van der Waals surface area contributed by atoms with Crippen molar-refractivity contribution in [1.29, 1.82) is 5.26 Å². The van der Waals surface area contributed by atoms with E-state index in [1.54, 1.807) is 6.07 Å². The molecule has 0 aliphatic rings. The number of nitrogens with one attached hydrogen (secondary N) is 1. The molecule has 5 nitrogen and oxygen atoms in total. The Hall–Kier alpha value is -0.700. The van der Waals surface area contributed by atoms with E-state index >= 15 is 0 Å². The molecule has 0 rings (SSSR count). The van der Waals surface area contributed by atoms with E-state index in [4.69, 9.17) is 40.1 Å². The van der Waals surface area contributed by atoms with Gasteiger partial charge in [-0.25, -0.2) is 0 Å². The molecular weight excluding hydrogens is 266 g/mol. The number of carbonyl (C=O) groups is 2. The fraction of sp³-hybridized carbons (Fsp3) is 0.571. The molecule has 0 heterocycles. The van der Waals surface area contributed by atoms with Crippen LogP contribution in [0, 0.1) is 11.3 Å². The number of esters is 1. The predicted octanol–water partition coefficient (Wildman–Crippen LogP) is 1.28. The highest BCUT2D eigenvalue weighted by molar-refractivity contribution is 6.68. The SMILES string of the molecule is CC(=O)O[C@H](NC(=O)CC#N)C(Cl)(Cl)Cl. The summed E-state index contributed by atoms with van der Waals surface area (Å²) in [7, 11) is 0. The highest BCUT2D eigenvalue weighted by Gasteiger charge is 2.36. The number of amides is 1. The molecule has 0 aliphatic carbocycles. The number of alkyl halides is 3. The summed E-state index contributed by atoms with van der Waals surface area (Å²) in [5.74, 6) is -1.42. The Balaban J connectivity index is 4.46. The van der Waals surface area contributed by atoms with Crippen LogP contribution in [0.4, 0.5) is 0 Å². The Morgan fingerprint density at radius 1 is 1.53 bits per heavy atom. The first-order chi connectivity index (χ1) is 6.77. The molecule has 0 bridgehead atoms. The van der Waals surface area contributed by atoms with E-state index < -0.39 is 28.3 Å². The number of hydrogen-bond acceptors (Lipinski definition) is 4. The second kappa shape index (κ2) is 6.01. The first kappa shape index (κ1) is 14.3. The van der Waals surface area contributed by atoms with Crippen molar-refractivity contribution in [2.75, 3.05) is 0 Å². The quantitative estimate of drug-likeness (QED) is 0.477. The summed E-state index contributed by atoms with van der Waals surface area (Å²) >= 11 is 16.3. The van der Waals surface area contributed by atoms with Crippen LogP contribution in [0.5, 0.6) is 0 Å². The van der Waals surface area contributed by atoms with Gasteiger partial charge in [0.15, 0.2) is 0 Å². The van der Waals surface area contributed by atoms with Gasteiger partial charge in [0.05, 0.1) is 6.07 Å². The molecule has 84 valence electrons. The average Bonchev–Trinajstić information content (AvgIpc) is 2.00. The Morgan fingerprint density at radius 2 is 2.07 bits per heavy atom. The molecule has 0 fully saturated rings. The molecule has 1 atom stereocenters. The molecule has 0 unspecified atom stereocenters. The van der Waals surface area contributed by atoms with Crippen LogP contribution in [0.3, 0.4) is 0 Å². The highest BCUT2D eigenvalue weighted by atomic mass is 35.6. The van der Waals surface area contributed by atoms with E-state index in [9.17, 15) is 9.59 Å². The van der Waals surface area contributed by atoms with Crippen molar-refractivity contribution in [3.05, 3.63) is 0 Å². The first-order valence-corrected chi connectivity index (χ1v) is 4.81. The molecule has 0 spiro atoms. The standard InChI is InChI=1S/C7H7Cl3N2O3/c1-4(13)15-6(7(8,9)10)12-5(14)2-3-11/h6H,2H2,1H3,(H,12,14)/t6-/m0/s1. The lowest BCUT2D eigenvalue weighted by molar-refractivity contribution is -0.149. The molecule has 0 saturated heterocycles. The lowest BCUT2D eigenvalue weighted by atomic mass is 10.4. The average molecular weight is 274 g/mol. The van der Waals surface area contributed by atoms with Crippen LogP contribution in [0.15, 0.2) is 0 Å². The summed E-state index contributed by atoms with van der Waals surface area (Å²) in [5, 5.41) is 10.3. The number of rotatable bonds is 3. The zero-order valence-corrected chi connectivity index (χ0v) is 9.86. The minimum Gasteiger partial charge on any atom is -0.437 e. The Kier molecular flexibility index (Phi) is 5.73. The minimum absolute atomic E-state index is 0.418. The molecule has 8 heteroatoms. The monoisotopic (exact) mass is 272 g/mol. The third-order valence-electron chi connectivity index (χ3n) is 1.11. The number of carbonyl (C=O) groups excluding carboxylic acids is 2. The normalized spacial score (nSPS) is 12.5. The summed E-state index contributed by atoms with van der Waals surface area (Å²) in [4.78, 5) is 21.6. The molecule has 0 aromatic rings. The van der Waals surface area contributed by atoms with Gasteiger partial charge in [-0.05, 0) is 0 Å². The Bertz CT molecular complexity index is 295. The van der Waals surface area contributed by atoms with Gasteiger partial charge in [0.25, 0.3) is 0 Å². The van der Waals surface area contributed by atoms with Crippen molar-refractivity contribution in [2.24, 2.45) is 0 Å². The zero-order valence-electron chi connectivity index (χ0n) is 7.59. The Labute approximate surface area is 101 Å². The Morgan fingerprint density at radius 3 is 2.40 bits per heavy atom. The first-order valence-electron chi connectivity index (χ1n) is 3.67. The summed E-state index contributed by atoms with van der Waals surface area (Å²) in [6, 6.07) is 1.60. The maximum atomic E-state index is 11.0. The third kappa shape index (κ3) is 6.39. The van der Waals surface area contributed by atoms with Gasteiger partial charge in [0.2, 0.25) is 15.9 Å². The van der Waals surface area contributed by atoms with Crippen molar-refractivity contribution in [2.45, 2.75) is 23.4 Å². The maximum Gasteiger partial charge on any atom is 0.304 e. The highest BCUT2D eigenvalue weighted by Crippen LogP contribution is 2.31. The van der Waals surface area contributed by atoms with E-state index in [0.717, 1.165) is 6.92 Å². The number of nitriles is 1. The molecule has 0 radical (unpaired) electrons. The molecule has 15 heavy (non-hydrogen) atoms. The second-order valence-corrected chi connectivity index (χ2v) is 4.80. The molecular formula is C7H7Cl3N2O3. The van der Waals surface area contributed by atoms with Crippen molar-refractivity contribution in [1.82, 2.24) is 5.32 Å². The molecule has 0 aromatic carbocycles. The van der Waals surface area contributed by atoms with Gasteiger partial charge >= 0.3 is 5.97 Å². The maximum absolute atomic E-state index is 11.0. The summed E-state index contributed by atoms with van der Waals surface area (Å²) in [6.45, 7) is 1.10. The van der Waals surface area contributed by atoms with Crippen LogP contribution >= 0.6 is 34.8 Å². The smallest absolute Gasteiger partial charge is 0.304 e. The largest absolute Gasteiger partial charge is 0.437 e. The number of halogens is 3. The summed E-state index contributed by atoms with van der Waals surface area (Å²) < 4.78 is 2.57. The molecule has 0 saturated carbocycles. The second-order valence-electron chi connectivity index (χ2n) is 2.43. The van der Waals surface area contributed by atoms with Crippen molar-refractivity contribution < 1.29 is 14.3 Å². The van der Waals surface area contributed by atoms with Crippen molar-refractivity contribution >= 4 is 46.7 Å². The van der Waals surface area contributed by atoms with Gasteiger partial charge in [0, 0.05) is 6.92 Å². The van der Waals surface area contributed by atoms with E-state index in [-0.39, 0.29) is 0 Å². The molecule has 0 aromatic heterocycles. The van der Waals surface area contributed by atoms with Gasteiger partial charge < -0.3 is 10.1 Å². The number of ether oxygens (including phenoxy) is 1. The van der Waals surface area contributed by atoms with E-state index in [0.29, 0.717) is 0 Å². The van der Waals surface area contributed by atoms with Crippen LogP contribution in [0.2, 0.25) is 0 Å². The third-order valence-corrected chi connectivity index (χ3v) is 1.71. The van der Waals surface area contributed by atoms with Crippen LogP contribution in [0.25, 0.3) is 0 Å². The van der Waals surface area contributed by atoms with Crippen molar-refractivity contribution in [3.8, 4) is 6.07 Å². The van der Waals surface area contributed by atoms with Crippen molar-refractivity contribution in [3.63, 3.8) is 0 Å². The van der Waals surface area contributed by atoms with Crippen LogP contribution in [-0.2, 0) is 14.3 Å². The van der Waals surface area contributed by atoms with Crippen LogP contribution in [0.1, 0.15) is 13.3 Å². The van der Waals surface area contributed by atoms with E-state index in [1.807, 2.05) is 0 Å². The van der Waals surface area contributed by atoms with E-state index in [1.165, 1.54) is 0 Å². The minimum atomic E-state index is -1.99. The zero-order chi connectivity index (χ0) is 12.1. The summed E-state index contributed by atoms with van der Waals surface area (Å²) in [5.41, 5.74) is 0. The number of hydrogen-bond donors (Lipinski definition) is 1. The number of nitrogens with zero attached hydrogens (tertiary/aromatic N) is 1. The fourth-order valence-corrected chi connectivity index (χ4v) is 0.910. The van der Waals surface area contributed by atoms with E-state index in [2.05, 4.69) is 10.1 Å². The fourth-order valence-electron chi connectivity index (χ4n) is 0.613. The molecule has 0 aliphatic heterocycles. The predicted molar refractivity (Wildman–Crippen MR) is 54.2 cm³/mol. The van der Waals surface area contributed by atoms with Gasteiger partial charge in [-0.1, -0.05) is 34.8 Å². The van der Waals surface area contributed by atoms with Gasteiger partial charge in [-0.2, -0.15) is 5.26 Å². The van der Waals surface area contributed by atoms with Gasteiger partial charge in [0.1, 0.15) is 6.42 Å².